The smallest absolute Gasteiger partial charge is 0.317 e. The third kappa shape index (κ3) is 3.69. The molecule has 2 N–H and O–H groups in total. The maximum atomic E-state index is 11.6. The van der Waals surface area contributed by atoms with Gasteiger partial charge >= 0.3 is 12.0 Å². The Morgan fingerprint density at radius 1 is 1.56 bits per heavy atom. The molecule has 0 aromatic carbocycles. The van der Waals surface area contributed by atoms with Gasteiger partial charge in [-0.25, -0.2) is 4.79 Å². The highest BCUT2D eigenvalue weighted by Crippen LogP contribution is 2.12. The van der Waals surface area contributed by atoms with Crippen LogP contribution >= 0.6 is 0 Å². The Labute approximate surface area is 94.6 Å². The number of aliphatic carboxylic acids is 1. The molecule has 16 heavy (non-hydrogen) atoms. The number of ether oxygens (including phenoxy) is 1. The number of hydrogen-bond acceptors (Lipinski definition) is 3. The van der Waals surface area contributed by atoms with Crippen LogP contribution in [0.15, 0.2) is 0 Å². The van der Waals surface area contributed by atoms with E-state index in [0.717, 1.165) is 6.42 Å². The molecule has 0 saturated carbocycles. The average molecular weight is 230 g/mol. The number of carbonyl (C=O) groups is 2. The van der Waals surface area contributed by atoms with Crippen molar-refractivity contribution in [2.45, 2.75) is 31.9 Å². The molecule has 2 unspecified atom stereocenters. The van der Waals surface area contributed by atoms with Crippen LogP contribution in [0.2, 0.25) is 0 Å². The number of carbonyl (C=O) groups excluding carboxylic acids is 1. The second-order valence-electron chi connectivity index (χ2n) is 3.99. The molecule has 0 aromatic rings. The zero-order valence-electron chi connectivity index (χ0n) is 9.60. The van der Waals surface area contributed by atoms with Crippen molar-refractivity contribution in [2.75, 3.05) is 20.2 Å². The fourth-order valence-electron chi connectivity index (χ4n) is 1.55. The van der Waals surface area contributed by atoms with Crippen molar-refractivity contribution in [3.05, 3.63) is 0 Å². The highest BCUT2D eigenvalue weighted by atomic mass is 16.5. The Bertz CT molecular complexity index is 270. The molecule has 0 radical (unpaired) electrons. The summed E-state index contributed by atoms with van der Waals surface area (Å²) in [6.07, 6.45) is 0.789. The van der Waals surface area contributed by atoms with Crippen LogP contribution in [0.3, 0.4) is 0 Å². The number of nitrogens with zero attached hydrogens (tertiary/aromatic N) is 1. The molecule has 1 fully saturated rings. The van der Waals surface area contributed by atoms with Gasteiger partial charge in [-0.15, -0.1) is 0 Å². The number of urea groups is 1. The van der Waals surface area contributed by atoms with Gasteiger partial charge in [0.2, 0.25) is 0 Å². The first-order valence-electron chi connectivity index (χ1n) is 5.35. The van der Waals surface area contributed by atoms with E-state index >= 15 is 0 Å². The maximum absolute atomic E-state index is 11.6. The lowest BCUT2D eigenvalue weighted by Crippen LogP contribution is -2.46. The second kappa shape index (κ2) is 5.69. The van der Waals surface area contributed by atoms with Gasteiger partial charge in [-0.1, -0.05) is 0 Å². The number of carboxylic acid groups (broad SMARTS) is 1. The summed E-state index contributed by atoms with van der Waals surface area (Å²) >= 11 is 0. The van der Waals surface area contributed by atoms with Gasteiger partial charge in [0.15, 0.2) is 0 Å². The van der Waals surface area contributed by atoms with Gasteiger partial charge in [0.1, 0.15) is 0 Å². The lowest BCUT2D eigenvalue weighted by molar-refractivity contribution is -0.137. The lowest BCUT2D eigenvalue weighted by atomic mass is 10.2. The minimum absolute atomic E-state index is 0.0248. The van der Waals surface area contributed by atoms with Crippen molar-refractivity contribution in [1.29, 1.82) is 0 Å². The van der Waals surface area contributed by atoms with Crippen molar-refractivity contribution in [1.82, 2.24) is 10.2 Å². The largest absolute Gasteiger partial charge is 0.481 e. The summed E-state index contributed by atoms with van der Waals surface area (Å²) in [6, 6.07) is -0.219. The van der Waals surface area contributed by atoms with Crippen molar-refractivity contribution in [3.8, 4) is 0 Å². The van der Waals surface area contributed by atoms with Crippen molar-refractivity contribution in [3.63, 3.8) is 0 Å². The fraction of sp³-hybridized carbons (Fsp3) is 0.800. The fourth-order valence-corrected chi connectivity index (χ4v) is 1.55. The highest BCUT2D eigenvalue weighted by molar-refractivity contribution is 5.75. The Hall–Kier alpha value is -1.30. The molecule has 0 aromatic heterocycles. The SMILES string of the molecule is CC1OCCC1NC(=O)N(C)CCC(=O)O. The molecule has 2 amide bonds. The summed E-state index contributed by atoms with van der Waals surface area (Å²) in [6.45, 7) is 2.78. The van der Waals surface area contributed by atoms with Crippen LogP contribution in [0.1, 0.15) is 19.8 Å². The molecule has 1 saturated heterocycles. The van der Waals surface area contributed by atoms with Gasteiger partial charge in [-0.05, 0) is 13.3 Å². The van der Waals surface area contributed by atoms with Gasteiger partial charge in [0.05, 0.1) is 18.6 Å². The number of nitrogens with one attached hydrogen (secondary N) is 1. The molecular formula is C10H18N2O4. The lowest BCUT2D eigenvalue weighted by Gasteiger charge is -2.21. The van der Waals surface area contributed by atoms with Gasteiger partial charge in [0, 0.05) is 20.2 Å². The molecule has 1 rings (SSSR count). The number of carboxylic acids is 1. The Morgan fingerprint density at radius 2 is 2.25 bits per heavy atom. The molecule has 1 heterocycles. The summed E-state index contributed by atoms with van der Waals surface area (Å²) < 4.78 is 5.32. The normalized spacial score (nSPS) is 24.1. The monoisotopic (exact) mass is 230 g/mol. The zero-order chi connectivity index (χ0) is 12.1. The van der Waals surface area contributed by atoms with Crippen LogP contribution in [0.25, 0.3) is 0 Å². The van der Waals surface area contributed by atoms with E-state index in [1.165, 1.54) is 4.90 Å². The van der Waals surface area contributed by atoms with E-state index in [0.29, 0.717) is 6.61 Å². The molecule has 0 bridgehead atoms. The summed E-state index contributed by atoms with van der Waals surface area (Å²) in [5.74, 6) is -0.905. The van der Waals surface area contributed by atoms with Crippen LogP contribution in [0.5, 0.6) is 0 Å². The van der Waals surface area contributed by atoms with E-state index in [1.807, 2.05) is 6.92 Å². The molecule has 6 nitrogen and oxygen atoms in total. The Kier molecular flexibility index (Phi) is 4.54. The van der Waals surface area contributed by atoms with Crippen molar-refractivity contribution in [2.24, 2.45) is 0 Å². The van der Waals surface area contributed by atoms with Gasteiger partial charge in [-0.2, -0.15) is 0 Å². The number of amides is 2. The maximum Gasteiger partial charge on any atom is 0.317 e. The average Bonchev–Trinajstić information content (AvgIpc) is 2.60. The van der Waals surface area contributed by atoms with Crippen LogP contribution in [-0.2, 0) is 9.53 Å². The van der Waals surface area contributed by atoms with Crippen molar-refractivity contribution < 1.29 is 19.4 Å². The Morgan fingerprint density at radius 3 is 2.75 bits per heavy atom. The molecule has 92 valence electrons. The zero-order valence-corrected chi connectivity index (χ0v) is 9.60. The van der Waals surface area contributed by atoms with Crippen molar-refractivity contribution >= 4 is 12.0 Å². The van der Waals surface area contributed by atoms with E-state index in [2.05, 4.69) is 5.32 Å². The first kappa shape index (κ1) is 12.8. The van der Waals surface area contributed by atoms with Gasteiger partial charge in [0.25, 0.3) is 0 Å². The third-order valence-electron chi connectivity index (χ3n) is 2.69. The summed E-state index contributed by atoms with van der Waals surface area (Å²) in [4.78, 5) is 23.3. The highest BCUT2D eigenvalue weighted by Gasteiger charge is 2.26. The Balaban J connectivity index is 2.30. The van der Waals surface area contributed by atoms with E-state index in [4.69, 9.17) is 9.84 Å². The standard InChI is InChI=1S/C10H18N2O4/c1-7-8(4-6-16-7)11-10(15)12(2)5-3-9(13)14/h7-8H,3-6H2,1-2H3,(H,11,15)(H,13,14). The minimum atomic E-state index is -0.905. The molecule has 1 aliphatic rings. The summed E-state index contributed by atoms with van der Waals surface area (Å²) in [5, 5.41) is 11.3. The first-order valence-corrected chi connectivity index (χ1v) is 5.35. The molecule has 0 aliphatic carbocycles. The first-order chi connectivity index (χ1) is 7.50. The van der Waals surface area contributed by atoms with Crippen LogP contribution in [-0.4, -0.2) is 54.4 Å². The van der Waals surface area contributed by atoms with E-state index in [9.17, 15) is 9.59 Å². The summed E-state index contributed by atoms with van der Waals surface area (Å²) in [5.41, 5.74) is 0. The quantitative estimate of drug-likeness (QED) is 0.727. The summed E-state index contributed by atoms with van der Waals surface area (Å²) in [7, 11) is 1.58. The van der Waals surface area contributed by atoms with Crippen LogP contribution in [0.4, 0.5) is 4.79 Å². The molecule has 1 aliphatic heterocycles. The number of hydrogen-bond donors (Lipinski definition) is 2. The minimum Gasteiger partial charge on any atom is -0.481 e. The predicted molar refractivity (Wildman–Crippen MR) is 57.2 cm³/mol. The predicted octanol–water partition coefficient (Wildman–Crippen LogP) is 0.280. The third-order valence-corrected chi connectivity index (χ3v) is 2.69. The molecule has 6 heteroatoms. The van der Waals surface area contributed by atoms with E-state index in [-0.39, 0.29) is 31.1 Å². The molecule has 0 spiro atoms. The number of rotatable bonds is 4. The van der Waals surface area contributed by atoms with Gasteiger partial charge in [-0.3, -0.25) is 4.79 Å². The topological polar surface area (TPSA) is 78.9 Å². The van der Waals surface area contributed by atoms with Crippen LogP contribution in [0, 0.1) is 0 Å². The molecule has 2 atom stereocenters. The van der Waals surface area contributed by atoms with E-state index in [1.54, 1.807) is 7.05 Å². The second-order valence-corrected chi connectivity index (χ2v) is 3.99. The van der Waals surface area contributed by atoms with Crippen LogP contribution < -0.4 is 5.32 Å². The molecular weight excluding hydrogens is 212 g/mol. The van der Waals surface area contributed by atoms with E-state index < -0.39 is 5.97 Å². The van der Waals surface area contributed by atoms with Gasteiger partial charge < -0.3 is 20.1 Å².